The van der Waals surface area contributed by atoms with E-state index < -0.39 is 0 Å². The smallest absolute Gasteiger partial charge is 0.144 e. The minimum atomic E-state index is 0.0528. The molecule has 1 aromatic heterocycles. The fourth-order valence-electron chi connectivity index (χ4n) is 4.04. The summed E-state index contributed by atoms with van der Waals surface area (Å²) in [6.07, 6.45) is 6.77. The van der Waals surface area contributed by atoms with E-state index in [0.717, 1.165) is 61.7 Å². The third kappa shape index (κ3) is 6.76. The molecule has 0 spiro atoms. The summed E-state index contributed by atoms with van der Waals surface area (Å²) in [5.41, 5.74) is 4.50. The van der Waals surface area contributed by atoms with Crippen molar-refractivity contribution in [3.8, 4) is 0 Å². The molecule has 6 nitrogen and oxygen atoms in total. The van der Waals surface area contributed by atoms with Crippen molar-refractivity contribution in [2.45, 2.75) is 45.8 Å². The fraction of sp³-hybridized carbons (Fsp3) is 0.423. The van der Waals surface area contributed by atoms with Crippen LogP contribution in [0.25, 0.3) is 0 Å². The van der Waals surface area contributed by atoms with Crippen LogP contribution in [-0.4, -0.2) is 40.3 Å². The van der Waals surface area contributed by atoms with Crippen LogP contribution in [0.4, 0.5) is 17.2 Å². The van der Waals surface area contributed by atoms with Crippen molar-refractivity contribution in [3.05, 3.63) is 72.2 Å². The molecule has 172 valence electrons. The zero-order valence-corrected chi connectivity index (χ0v) is 19.6. The zero-order valence-electron chi connectivity index (χ0n) is 19.6. The van der Waals surface area contributed by atoms with Crippen molar-refractivity contribution < 1.29 is 5.11 Å². The molecule has 1 heterocycles. The number of aliphatic hydroxyl groups is 1. The molecule has 0 aliphatic carbocycles. The molecule has 0 radical (unpaired) electrons. The maximum Gasteiger partial charge on any atom is 0.144 e. The van der Waals surface area contributed by atoms with Crippen LogP contribution >= 0.6 is 0 Å². The van der Waals surface area contributed by atoms with Crippen molar-refractivity contribution in [3.63, 3.8) is 0 Å². The van der Waals surface area contributed by atoms with E-state index in [0.29, 0.717) is 0 Å². The lowest BCUT2D eigenvalue weighted by Gasteiger charge is -2.27. The van der Waals surface area contributed by atoms with Gasteiger partial charge in [0.25, 0.3) is 0 Å². The van der Waals surface area contributed by atoms with Gasteiger partial charge in [-0.2, -0.15) is 0 Å². The number of nitrogens with one attached hydrogen (secondary N) is 2. The zero-order chi connectivity index (χ0) is 22.8. The van der Waals surface area contributed by atoms with E-state index >= 15 is 0 Å². The van der Waals surface area contributed by atoms with E-state index in [1.165, 1.54) is 5.56 Å². The van der Waals surface area contributed by atoms with Crippen LogP contribution in [0.2, 0.25) is 0 Å². The van der Waals surface area contributed by atoms with Crippen LogP contribution in [0, 0.1) is 0 Å². The fourth-order valence-corrected chi connectivity index (χ4v) is 4.04. The Morgan fingerprint density at radius 2 is 1.94 bits per heavy atom. The summed E-state index contributed by atoms with van der Waals surface area (Å²) in [6, 6.07) is 17.2. The number of hydrogen-bond donors (Lipinski definition) is 3. The molecule has 0 saturated heterocycles. The standard InChI is InChI=1S/C26H37N5O/c1-4-15-31(5-2)25-17-23(12-11-22(25)19-32)29-24(16-21-9-7-6-8-10-21)13-14-27-26-18-30(3)20-28-26/h6-12,17-18,20,24,27,29,32H,4-5,13-16,19H2,1-3H3. The Hall–Kier alpha value is -2.99. The first kappa shape index (κ1) is 23.7. The molecule has 3 N–H and O–H groups in total. The highest BCUT2D eigenvalue weighted by atomic mass is 16.3. The molecule has 0 bridgehead atoms. The van der Waals surface area contributed by atoms with Crippen LogP contribution < -0.4 is 15.5 Å². The Morgan fingerprint density at radius 1 is 1.12 bits per heavy atom. The van der Waals surface area contributed by atoms with Gasteiger partial charge in [0.2, 0.25) is 0 Å². The highest BCUT2D eigenvalue weighted by Crippen LogP contribution is 2.26. The minimum absolute atomic E-state index is 0.0528. The molecular formula is C26H37N5O. The van der Waals surface area contributed by atoms with Crippen molar-refractivity contribution in [1.29, 1.82) is 0 Å². The number of nitrogens with zero attached hydrogens (tertiary/aromatic N) is 3. The summed E-state index contributed by atoms with van der Waals surface area (Å²) in [5.74, 6) is 0.902. The second-order valence-corrected chi connectivity index (χ2v) is 8.25. The topological polar surface area (TPSA) is 65.3 Å². The first-order valence-electron chi connectivity index (χ1n) is 11.6. The van der Waals surface area contributed by atoms with Crippen molar-refractivity contribution in [2.24, 2.45) is 7.05 Å². The number of hydrogen-bond acceptors (Lipinski definition) is 5. The van der Waals surface area contributed by atoms with Gasteiger partial charge in [-0.15, -0.1) is 0 Å². The normalized spacial score (nSPS) is 11.9. The molecule has 0 fully saturated rings. The van der Waals surface area contributed by atoms with E-state index in [1.54, 1.807) is 0 Å². The Morgan fingerprint density at radius 3 is 2.59 bits per heavy atom. The molecule has 0 aliphatic rings. The molecule has 1 atom stereocenters. The van der Waals surface area contributed by atoms with Gasteiger partial charge in [-0.25, -0.2) is 4.98 Å². The molecule has 6 heteroatoms. The number of benzene rings is 2. The third-order valence-electron chi connectivity index (χ3n) is 5.67. The number of imidazole rings is 1. The SMILES string of the molecule is CCCN(CC)c1cc(NC(CCNc2cn(C)cn2)Cc2ccccc2)ccc1CO. The second-order valence-electron chi connectivity index (χ2n) is 8.25. The van der Waals surface area contributed by atoms with Gasteiger partial charge in [0.15, 0.2) is 0 Å². The number of aliphatic hydroxyl groups excluding tert-OH is 1. The number of aryl methyl sites for hydroxylation is 1. The first-order chi connectivity index (χ1) is 15.6. The predicted molar refractivity (Wildman–Crippen MR) is 134 cm³/mol. The first-order valence-corrected chi connectivity index (χ1v) is 11.6. The molecular weight excluding hydrogens is 398 g/mol. The highest BCUT2D eigenvalue weighted by Gasteiger charge is 2.14. The summed E-state index contributed by atoms with van der Waals surface area (Å²) in [7, 11) is 1.98. The summed E-state index contributed by atoms with van der Waals surface area (Å²) in [4.78, 5) is 6.70. The van der Waals surface area contributed by atoms with Crippen LogP contribution in [0.3, 0.4) is 0 Å². The summed E-state index contributed by atoms with van der Waals surface area (Å²) in [5, 5.41) is 17.0. The maximum absolute atomic E-state index is 9.86. The highest BCUT2D eigenvalue weighted by molar-refractivity contribution is 5.63. The van der Waals surface area contributed by atoms with Gasteiger partial charge in [-0.3, -0.25) is 0 Å². The molecule has 1 unspecified atom stereocenters. The van der Waals surface area contributed by atoms with Crippen molar-refractivity contribution in [1.82, 2.24) is 9.55 Å². The molecule has 32 heavy (non-hydrogen) atoms. The quantitative estimate of drug-likeness (QED) is 0.364. The Bertz CT molecular complexity index is 940. The molecule has 0 saturated carbocycles. The van der Waals surface area contributed by atoms with Gasteiger partial charge in [0.05, 0.1) is 12.9 Å². The van der Waals surface area contributed by atoms with Crippen molar-refractivity contribution >= 4 is 17.2 Å². The monoisotopic (exact) mass is 435 g/mol. The van der Waals surface area contributed by atoms with Crippen LogP contribution in [-0.2, 0) is 20.1 Å². The minimum Gasteiger partial charge on any atom is -0.392 e. The lowest BCUT2D eigenvalue weighted by atomic mass is 10.0. The number of aromatic nitrogens is 2. The molecule has 0 aliphatic heterocycles. The maximum atomic E-state index is 9.86. The van der Waals surface area contributed by atoms with Gasteiger partial charge >= 0.3 is 0 Å². The van der Waals surface area contributed by atoms with Gasteiger partial charge in [0, 0.05) is 55.9 Å². The lowest BCUT2D eigenvalue weighted by molar-refractivity contribution is 0.282. The lowest BCUT2D eigenvalue weighted by Crippen LogP contribution is -2.27. The van der Waals surface area contributed by atoms with E-state index in [9.17, 15) is 5.11 Å². The van der Waals surface area contributed by atoms with E-state index in [4.69, 9.17) is 0 Å². The van der Waals surface area contributed by atoms with Crippen LogP contribution in [0.15, 0.2) is 61.1 Å². The van der Waals surface area contributed by atoms with Crippen LogP contribution in [0.1, 0.15) is 37.8 Å². The van der Waals surface area contributed by atoms with Crippen LogP contribution in [0.5, 0.6) is 0 Å². The van der Waals surface area contributed by atoms with Crippen molar-refractivity contribution in [2.75, 3.05) is 35.2 Å². The van der Waals surface area contributed by atoms with E-state index in [-0.39, 0.29) is 12.6 Å². The summed E-state index contributed by atoms with van der Waals surface area (Å²) in [6.45, 7) is 7.14. The average Bonchev–Trinajstić information content (AvgIpc) is 3.23. The van der Waals surface area contributed by atoms with E-state index in [2.05, 4.69) is 76.8 Å². The van der Waals surface area contributed by atoms with Gasteiger partial charge in [0.1, 0.15) is 5.82 Å². The Balaban J connectivity index is 1.74. The molecule has 3 rings (SSSR count). The van der Waals surface area contributed by atoms with Gasteiger partial charge in [-0.1, -0.05) is 43.3 Å². The second kappa shape index (κ2) is 12.2. The summed E-state index contributed by atoms with van der Waals surface area (Å²) >= 11 is 0. The predicted octanol–water partition coefficient (Wildman–Crippen LogP) is 4.67. The number of rotatable bonds is 13. The van der Waals surface area contributed by atoms with Gasteiger partial charge < -0.3 is 25.2 Å². The average molecular weight is 436 g/mol. The largest absolute Gasteiger partial charge is 0.392 e. The molecule has 3 aromatic rings. The Labute approximate surface area is 192 Å². The van der Waals surface area contributed by atoms with Gasteiger partial charge in [-0.05, 0) is 43.9 Å². The molecule has 2 aromatic carbocycles. The number of anilines is 3. The Kier molecular flexibility index (Phi) is 8.99. The van der Waals surface area contributed by atoms with E-state index in [1.807, 2.05) is 30.2 Å². The summed E-state index contributed by atoms with van der Waals surface area (Å²) < 4.78 is 1.95. The third-order valence-corrected chi connectivity index (χ3v) is 5.67. The molecule has 0 amide bonds.